The monoisotopic (exact) mass is 466 g/mol. The van der Waals surface area contributed by atoms with Crippen molar-refractivity contribution in [1.29, 1.82) is 0 Å². The molecule has 6 atom stereocenters. The second-order valence-corrected chi connectivity index (χ2v) is 10.3. The summed E-state index contributed by atoms with van der Waals surface area (Å²) in [4.78, 5) is 12.4. The number of hydrogen-bond donors (Lipinski definition) is 2. The molecule has 2 heterocycles. The number of amides is 1. The molecule has 3 aliphatic rings. The fourth-order valence-electron chi connectivity index (χ4n) is 6.75. The van der Waals surface area contributed by atoms with Gasteiger partial charge >= 0.3 is 6.61 Å². The second kappa shape index (κ2) is 9.02. The van der Waals surface area contributed by atoms with Gasteiger partial charge < -0.3 is 24.8 Å². The molecule has 2 saturated heterocycles. The molecule has 1 aromatic carbocycles. The molecule has 1 amide bonds. The number of ether oxygens (including phenoxy) is 3. The highest BCUT2D eigenvalue weighted by Gasteiger charge is 2.61. The van der Waals surface area contributed by atoms with Crippen LogP contribution in [0.1, 0.15) is 65.5 Å². The van der Waals surface area contributed by atoms with Gasteiger partial charge in [-0.15, -0.1) is 0 Å². The molecule has 0 aromatic heterocycles. The zero-order valence-electron chi connectivity index (χ0n) is 20.1. The van der Waals surface area contributed by atoms with E-state index in [1.807, 2.05) is 0 Å². The van der Waals surface area contributed by atoms with Crippen LogP contribution in [0.3, 0.4) is 0 Å². The van der Waals surface area contributed by atoms with E-state index in [0.717, 1.165) is 24.8 Å². The summed E-state index contributed by atoms with van der Waals surface area (Å²) in [6, 6.07) is 5.31. The Kier molecular flexibility index (Phi) is 6.62. The van der Waals surface area contributed by atoms with Gasteiger partial charge in [0.1, 0.15) is 0 Å². The molecule has 0 spiro atoms. The molecule has 6 nitrogen and oxygen atoms in total. The molecule has 184 valence electrons. The lowest BCUT2D eigenvalue weighted by Gasteiger charge is -2.63. The standard InChI is InChI=1S/C25H36F2N2O4/c1-6-31-21-11-16(7-8-20(21)33-23(26)27)22-19-13-17-12-18(14(2)28-24(17,4)5)25(19,9-10-32-22)29-15(3)30/h7-8,11,14,17-19,22-23,28H,6,9-10,12-13H2,1-5H3,(H,29,30)/t14-,17?,18?,19+,22+,25+/m1/s1. The molecule has 33 heavy (non-hydrogen) atoms. The third-order valence-electron chi connectivity index (χ3n) is 8.02. The summed E-state index contributed by atoms with van der Waals surface area (Å²) in [7, 11) is 0. The van der Waals surface area contributed by atoms with Crippen molar-refractivity contribution in [2.75, 3.05) is 13.2 Å². The predicted octanol–water partition coefficient (Wildman–Crippen LogP) is 4.44. The summed E-state index contributed by atoms with van der Waals surface area (Å²) in [6.45, 7) is 8.00. The van der Waals surface area contributed by atoms with Crippen LogP contribution in [-0.4, -0.2) is 42.9 Å². The smallest absolute Gasteiger partial charge is 0.387 e. The maximum Gasteiger partial charge on any atom is 0.387 e. The van der Waals surface area contributed by atoms with Crippen molar-refractivity contribution >= 4 is 5.91 Å². The number of benzene rings is 1. The molecule has 2 bridgehead atoms. The first kappa shape index (κ1) is 24.2. The van der Waals surface area contributed by atoms with E-state index in [1.165, 1.54) is 6.07 Å². The van der Waals surface area contributed by atoms with Crippen LogP contribution in [-0.2, 0) is 9.53 Å². The number of hydrogen-bond acceptors (Lipinski definition) is 5. The third kappa shape index (κ3) is 4.44. The second-order valence-electron chi connectivity index (χ2n) is 10.3. The summed E-state index contributed by atoms with van der Waals surface area (Å²) >= 11 is 0. The van der Waals surface area contributed by atoms with Crippen LogP contribution in [0.4, 0.5) is 8.78 Å². The molecule has 2 unspecified atom stereocenters. The number of piperidine rings is 1. The fraction of sp³-hybridized carbons (Fsp3) is 0.720. The van der Waals surface area contributed by atoms with Gasteiger partial charge in [-0.25, -0.2) is 0 Å². The molecule has 2 aliphatic heterocycles. The molecule has 1 aliphatic carbocycles. The Morgan fingerprint density at radius 3 is 2.67 bits per heavy atom. The molecular weight excluding hydrogens is 430 g/mol. The average molecular weight is 467 g/mol. The Balaban J connectivity index is 1.75. The van der Waals surface area contributed by atoms with E-state index in [9.17, 15) is 13.6 Å². The first-order chi connectivity index (χ1) is 15.6. The quantitative estimate of drug-likeness (QED) is 0.649. The maximum absolute atomic E-state index is 12.9. The topological polar surface area (TPSA) is 68.8 Å². The summed E-state index contributed by atoms with van der Waals surface area (Å²) in [6.07, 6.45) is 2.42. The van der Waals surface area contributed by atoms with Gasteiger partial charge in [-0.3, -0.25) is 4.79 Å². The first-order valence-electron chi connectivity index (χ1n) is 12.0. The SMILES string of the molecule is CCOc1cc([C@@H]2OCC[C@]3(NC(C)=O)C4CC(C[C@@H]23)C(C)(C)N[C@@H]4C)ccc1OC(F)F. The number of fused-ring (bicyclic) bond motifs is 4. The number of carbonyl (C=O) groups is 1. The minimum absolute atomic E-state index is 0.0130. The zero-order valence-corrected chi connectivity index (χ0v) is 20.1. The predicted molar refractivity (Wildman–Crippen MR) is 120 cm³/mol. The van der Waals surface area contributed by atoms with E-state index in [1.54, 1.807) is 26.0 Å². The van der Waals surface area contributed by atoms with Crippen LogP contribution in [0, 0.1) is 17.8 Å². The van der Waals surface area contributed by atoms with Gasteiger partial charge in [0.2, 0.25) is 5.91 Å². The summed E-state index contributed by atoms with van der Waals surface area (Å²) in [5.74, 6) is 1.02. The van der Waals surface area contributed by atoms with Crippen LogP contribution < -0.4 is 20.1 Å². The highest BCUT2D eigenvalue weighted by atomic mass is 19.3. The Bertz CT molecular complexity index is 880. The average Bonchev–Trinajstić information content (AvgIpc) is 2.72. The molecule has 2 N–H and O–H groups in total. The minimum atomic E-state index is -2.93. The van der Waals surface area contributed by atoms with Crippen molar-refractivity contribution in [3.8, 4) is 11.5 Å². The van der Waals surface area contributed by atoms with Gasteiger partial charge in [0, 0.05) is 31.0 Å². The Labute approximate surface area is 194 Å². The Morgan fingerprint density at radius 1 is 1.27 bits per heavy atom. The molecular formula is C25H36F2N2O4. The van der Waals surface area contributed by atoms with E-state index < -0.39 is 12.2 Å². The molecule has 8 heteroatoms. The van der Waals surface area contributed by atoms with Crippen molar-refractivity contribution in [3.05, 3.63) is 23.8 Å². The number of alkyl halides is 2. The third-order valence-corrected chi connectivity index (χ3v) is 8.02. The Hall–Kier alpha value is -1.93. The minimum Gasteiger partial charge on any atom is -0.490 e. The largest absolute Gasteiger partial charge is 0.490 e. The lowest BCUT2D eigenvalue weighted by atomic mass is 9.52. The van der Waals surface area contributed by atoms with E-state index in [4.69, 9.17) is 9.47 Å². The van der Waals surface area contributed by atoms with Gasteiger partial charge in [0.05, 0.1) is 18.2 Å². The van der Waals surface area contributed by atoms with E-state index in [-0.39, 0.29) is 46.9 Å². The van der Waals surface area contributed by atoms with Gasteiger partial charge in [-0.2, -0.15) is 8.78 Å². The molecule has 1 saturated carbocycles. The fourth-order valence-corrected chi connectivity index (χ4v) is 6.75. The van der Waals surface area contributed by atoms with E-state index >= 15 is 0 Å². The van der Waals surface area contributed by atoms with Crippen LogP contribution in [0.25, 0.3) is 0 Å². The van der Waals surface area contributed by atoms with Crippen LogP contribution in [0.2, 0.25) is 0 Å². The molecule has 4 rings (SSSR count). The lowest BCUT2D eigenvalue weighted by molar-refractivity contribution is -0.160. The van der Waals surface area contributed by atoms with Gasteiger partial charge in [0.25, 0.3) is 0 Å². The summed E-state index contributed by atoms with van der Waals surface area (Å²) < 4.78 is 42.4. The van der Waals surface area contributed by atoms with Gasteiger partial charge in [-0.05, 0) is 76.5 Å². The maximum atomic E-state index is 12.9. The van der Waals surface area contributed by atoms with Crippen LogP contribution in [0.5, 0.6) is 11.5 Å². The van der Waals surface area contributed by atoms with Gasteiger partial charge in [0.15, 0.2) is 11.5 Å². The van der Waals surface area contributed by atoms with E-state index in [2.05, 4.69) is 36.1 Å². The number of halogens is 2. The molecule has 1 aromatic rings. The number of rotatable bonds is 6. The van der Waals surface area contributed by atoms with Crippen molar-refractivity contribution in [2.24, 2.45) is 17.8 Å². The highest BCUT2D eigenvalue weighted by molar-refractivity contribution is 5.74. The van der Waals surface area contributed by atoms with Crippen molar-refractivity contribution in [2.45, 2.75) is 83.7 Å². The van der Waals surface area contributed by atoms with Crippen molar-refractivity contribution < 1.29 is 27.8 Å². The summed E-state index contributed by atoms with van der Waals surface area (Å²) in [5, 5.41) is 7.17. The normalized spacial score (nSPS) is 35.0. The number of nitrogens with one attached hydrogen (secondary N) is 2. The highest BCUT2D eigenvalue weighted by Crippen LogP contribution is 2.57. The number of carbonyl (C=O) groups excluding carboxylic acids is 1. The summed E-state index contributed by atoms with van der Waals surface area (Å²) in [5.41, 5.74) is 0.446. The molecule has 3 fully saturated rings. The van der Waals surface area contributed by atoms with Crippen molar-refractivity contribution in [1.82, 2.24) is 10.6 Å². The van der Waals surface area contributed by atoms with Crippen molar-refractivity contribution in [3.63, 3.8) is 0 Å². The first-order valence-corrected chi connectivity index (χ1v) is 12.0. The van der Waals surface area contributed by atoms with Gasteiger partial charge in [-0.1, -0.05) is 6.07 Å². The zero-order chi connectivity index (χ0) is 24.0. The Morgan fingerprint density at radius 2 is 2.00 bits per heavy atom. The van der Waals surface area contributed by atoms with E-state index in [0.29, 0.717) is 19.1 Å². The lowest BCUT2D eigenvalue weighted by Crippen LogP contribution is -2.73. The molecule has 0 radical (unpaired) electrons. The van der Waals surface area contributed by atoms with Crippen LogP contribution >= 0.6 is 0 Å². The van der Waals surface area contributed by atoms with Crippen LogP contribution in [0.15, 0.2) is 18.2 Å².